The molecular weight excluding hydrogens is 312 g/mol. The van der Waals surface area contributed by atoms with E-state index in [9.17, 15) is 4.79 Å². The maximum Gasteiger partial charge on any atom is 0.251 e. The summed E-state index contributed by atoms with van der Waals surface area (Å²) < 4.78 is 5.36. The Balaban J connectivity index is 1.54. The van der Waals surface area contributed by atoms with Crippen LogP contribution in [-0.2, 0) is 5.41 Å². The molecule has 25 heavy (non-hydrogen) atoms. The fourth-order valence-electron chi connectivity index (χ4n) is 3.41. The second-order valence-corrected chi connectivity index (χ2v) is 6.94. The molecule has 3 aromatic rings. The molecule has 0 bridgehead atoms. The zero-order valence-electron chi connectivity index (χ0n) is 14.6. The van der Waals surface area contributed by atoms with E-state index in [1.165, 1.54) is 10.9 Å². The van der Waals surface area contributed by atoms with Gasteiger partial charge in [0.05, 0.1) is 7.11 Å². The summed E-state index contributed by atoms with van der Waals surface area (Å²) in [4.78, 5) is 15.8. The molecule has 0 radical (unpaired) electrons. The molecule has 1 saturated carbocycles. The highest BCUT2D eigenvalue weighted by atomic mass is 16.5. The molecular formula is C21H22N2O2. The van der Waals surface area contributed by atoms with Crippen molar-refractivity contribution in [3.8, 4) is 5.75 Å². The summed E-state index contributed by atoms with van der Waals surface area (Å²) in [7, 11) is 1.68. The molecule has 1 heterocycles. The van der Waals surface area contributed by atoms with Crippen LogP contribution in [0.1, 0.15) is 34.3 Å². The Morgan fingerprint density at radius 1 is 1.20 bits per heavy atom. The Morgan fingerprint density at radius 3 is 2.64 bits per heavy atom. The van der Waals surface area contributed by atoms with E-state index in [1.54, 1.807) is 7.11 Å². The molecule has 1 aromatic heterocycles. The first-order valence-electron chi connectivity index (χ1n) is 8.62. The Hall–Kier alpha value is -2.75. The normalized spacial score (nSPS) is 15.1. The molecule has 2 N–H and O–H groups in total. The highest BCUT2D eigenvalue weighted by Crippen LogP contribution is 2.50. The average Bonchev–Trinajstić information content (AvgIpc) is 3.30. The first kappa shape index (κ1) is 15.8. The van der Waals surface area contributed by atoms with E-state index in [0.717, 1.165) is 29.7 Å². The van der Waals surface area contributed by atoms with Crippen molar-refractivity contribution in [3.63, 3.8) is 0 Å². The summed E-state index contributed by atoms with van der Waals surface area (Å²) in [5.74, 6) is 0.844. The maximum absolute atomic E-state index is 12.4. The van der Waals surface area contributed by atoms with Gasteiger partial charge in [0.25, 0.3) is 5.91 Å². The largest absolute Gasteiger partial charge is 0.497 e. The number of aromatic amines is 1. The number of fused-ring (bicyclic) bond motifs is 1. The first-order valence-corrected chi connectivity index (χ1v) is 8.62. The van der Waals surface area contributed by atoms with Gasteiger partial charge in [0, 0.05) is 34.6 Å². The highest BCUT2D eigenvalue weighted by Gasteiger charge is 2.45. The van der Waals surface area contributed by atoms with Crippen LogP contribution in [0, 0.1) is 6.92 Å². The number of methoxy groups -OCH3 is 1. The molecule has 1 amide bonds. The highest BCUT2D eigenvalue weighted by molar-refractivity contribution is 5.94. The molecule has 0 spiro atoms. The lowest BCUT2D eigenvalue weighted by molar-refractivity contribution is 0.0949. The summed E-state index contributed by atoms with van der Waals surface area (Å²) in [6.07, 6.45) is 4.26. The SMILES string of the molecule is COc1ccc2[nH]cc(C3(CNC(=O)c4ccc(C)cc4)CC3)c2c1. The standard InChI is InChI=1S/C21H22N2O2/c1-14-3-5-15(6-4-14)20(24)23-13-21(9-10-21)18-12-22-19-8-7-16(25-2)11-17(18)19/h3-8,11-12,22H,9-10,13H2,1-2H3,(H,23,24). The van der Waals surface area contributed by atoms with Gasteiger partial charge in [-0.25, -0.2) is 0 Å². The fraction of sp³-hybridized carbons (Fsp3) is 0.286. The molecule has 0 atom stereocenters. The number of H-pyrrole nitrogens is 1. The zero-order valence-corrected chi connectivity index (χ0v) is 14.6. The van der Waals surface area contributed by atoms with Gasteiger partial charge in [-0.05, 0) is 55.7 Å². The summed E-state index contributed by atoms with van der Waals surface area (Å²) in [5, 5.41) is 4.30. The number of hydrogen-bond donors (Lipinski definition) is 2. The number of ether oxygens (including phenoxy) is 1. The topological polar surface area (TPSA) is 54.1 Å². The van der Waals surface area contributed by atoms with E-state index < -0.39 is 0 Å². The van der Waals surface area contributed by atoms with Crippen molar-refractivity contribution < 1.29 is 9.53 Å². The lowest BCUT2D eigenvalue weighted by Crippen LogP contribution is -2.32. The molecule has 4 nitrogen and oxygen atoms in total. The zero-order chi connectivity index (χ0) is 17.4. The van der Waals surface area contributed by atoms with Crippen LogP contribution >= 0.6 is 0 Å². The van der Waals surface area contributed by atoms with Crippen molar-refractivity contribution in [2.75, 3.05) is 13.7 Å². The van der Waals surface area contributed by atoms with E-state index >= 15 is 0 Å². The van der Waals surface area contributed by atoms with Gasteiger partial charge in [-0.1, -0.05) is 17.7 Å². The minimum atomic E-state index is -0.0105. The Labute approximate surface area is 147 Å². The number of benzene rings is 2. The maximum atomic E-state index is 12.4. The third kappa shape index (κ3) is 2.88. The van der Waals surface area contributed by atoms with E-state index in [4.69, 9.17) is 4.74 Å². The quantitative estimate of drug-likeness (QED) is 0.742. The molecule has 0 unspecified atom stereocenters. The molecule has 2 aromatic carbocycles. The van der Waals surface area contributed by atoms with Gasteiger partial charge < -0.3 is 15.0 Å². The molecule has 1 aliphatic carbocycles. The number of nitrogens with one attached hydrogen (secondary N) is 2. The lowest BCUT2D eigenvalue weighted by atomic mass is 9.95. The Bertz CT molecular complexity index is 921. The van der Waals surface area contributed by atoms with Gasteiger partial charge in [0.1, 0.15) is 5.75 Å². The van der Waals surface area contributed by atoms with Crippen molar-refractivity contribution in [2.24, 2.45) is 0 Å². The van der Waals surface area contributed by atoms with Crippen LogP contribution in [0.2, 0.25) is 0 Å². The summed E-state index contributed by atoms with van der Waals surface area (Å²) >= 11 is 0. The molecule has 4 heteroatoms. The predicted molar refractivity (Wildman–Crippen MR) is 99.3 cm³/mol. The molecule has 0 aliphatic heterocycles. The van der Waals surface area contributed by atoms with E-state index in [1.807, 2.05) is 43.3 Å². The first-order chi connectivity index (χ1) is 12.1. The smallest absolute Gasteiger partial charge is 0.251 e. The Kier molecular flexibility index (Phi) is 3.75. The predicted octanol–water partition coefficient (Wildman–Crippen LogP) is 3.95. The van der Waals surface area contributed by atoms with Gasteiger partial charge in [-0.2, -0.15) is 0 Å². The van der Waals surface area contributed by atoms with E-state index in [0.29, 0.717) is 12.1 Å². The van der Waals surface area contributed by atoms with Gasteiger partial charge in [-0.15, -0.1) is 0 Å². The number of hydrogen-bond acceptors (Lipinski definition) is 2. The van der Waals surface area contributed by atoms with Crippen LogP contribution < -0.4 is 10.1 Å². The molecule has 128 valence electrons. The van der Waals surface area contributed by atoms with Crippen molar-refractivity contribution >= 4 is 16.8 Å². The Morgan fingerprint density at radius 2 is 1.96 bits per heavy atom. The van der Waals surface area contributed by atoms with Gasteiger partial charge in [0.15, 0.2) is 0 Å². The van der Waals surface area contributed by atoms with Crippen LogP contribution in [0.3, 0.4) is 0 Å². The van der Waals surface area contributed by atoms with Gasteiger partial charge in [-0.3, -0.25) is 4.79 Å². The van der Waals surface area contributed by atoms with E-state index in [2.05, 4.69) is 22.6 Å². The summed E-state index contributed by atoms with van der Waals surface area (Å²) in [6.45, 7) is 2.68. The molecule has 4 rings (SSSR count). The number of amides is 1. The third-order valence-corrected chi connectivity index (χ3v) is 5.21. The van der Waals surface area contributed by atoms with Gasteiger partial charge >= 0.3 is 0 Å². The molecule has 0 saturated heterocycles. The van der Waals surface area contributed by atoms with Crippen LogP contribution in [-0.4, -0.2) is 24.5 Å². The second kappa shape index (κ2) is 5.96. The molecule has 1 fully saturated rings. The minimum Gasteiger partial charge on any atom is -0.497 e. The summed E-state index contributed by atoms with van der Waals surface area (Å²) in [5.41, 5.74) is 4.27. The number of rotatable bonds is 5. The van der Waals surface area contributed by atoms with Gasteiger partial charge in [0.2, 0.25) is 0 Å². The minimum absolute atomic E-state index is 0.0105. The van der Waals surface area contributed by atoms with Crippen LogP contribution in [0.4, 0.5) is 0 Å². The molecule has 1 aliphatic rings. The van der Waals surface area contributed by atoms with Crippen LogP contribution in [0.25, 0.3) is 10.9 Å². The average molecular weight is 334 g/mol. The number of aromatic nitrogens is 1. The van der Waals surface area contributed by atoms with Crippen LogP contribution in [0.15, 0.2) is 48.7 Å². The van der Waals surface area contributed by atoms with E-state index in [-0.39, 0.29) is 11.3 Å². The fourth-order valence-corrected chi connectivity index (χ4v) is 3.41. The monoisotopic (exact) mass is 334 g/mol. The van der Waals surface area contributed by atoms with Crippen molar-refractivity contribution in [3.05, 3.63) is 65.4 Å². The lowest BCUT2D eigenvalue weighted by Gasteiger charge is -2.16. The third-order valence-electron chi connectivity index (χ3n) is 5.21. The summed E-state index contributed by atoms with van der Waals surface area (Å²) in [6, 6.07) is 13.8. The van der Waals surface area contributed by atoms with Crippen molar-refractivity contribution in [1.29, 1.82) is 0 Å². The van der Waals surface area contributed by atoms with Crippen molar-refractivity contribution in [1.82, 2.24) is 10.3 Å². The number of aryl methyl sites for hydroxylation is 1. The van der Waals surface area contributed by atoms with Crippen molar-refractivity contribution in [2.45, 2.75) is 25.2 Å². The second-order valence-electron chi connectivity index (χ2n) is 6.94. The van der Waals surface area contributed by atoms with Crippen LogP contribution in [0.5, 0.6) is 5.75 Å². The number of carbonyl (C=O) groups is 1. The number of carbonyl (C=O) groups excluding carboxylic acids is 1.